The minimum atomic E-state index is -0.889. The highest BCUT2D eigenvalue weighted by Crippen LogP contribution is 2.24. The monoisotopic (exact) mass is 250 g/mol. The molecule has 1 unspecified atom stereocenters. The molecule has 1 amide bonds. The van der Waals surface area contributed by atoms with E-state index in [4.69, 9.17) is 5.26 Å². The molecule has 0 radical (unpaired) electrons. The Labute approximate surface area is 104 Å². The number of rotatable bonds is 3. The molecular formula is C11H14N4OS. The van der Waals surface area contributed by atoms with Gasteiger partial charge in [0, 0.05) is 17.6 Å². The molecule has 90 valence electrons. The molecule has 1 saturated heterocycles. The Morgan fingerprint density at radius 2 is 2.65 bits per heavy atom. The number of nitrogens with one attached hydrogen (secondary N) is 2. The molecule has 0 saturated carbocycles. The molecule has 1 aromatic heterocycles. The van der Waals surface area contributed by atoms with Gasteiger partial charge in [0.25, 0.3) is 0 Å². The Kier molecular flexibility index (Phi) is 3.41. The molecule has 6 heteroatoms. The van der Waals surface area contributed by atoms with Crippen molar-refractivity contribution in [3.05, 3.63) is 16.1 Å². The first-order chi connectivity index (χ1) is 8.16. The Balaban J connectivity index is 1.95. The molecule has 2 N–H and O–H groups in total. The first-order valence-electron chi connectivity index (χ1n) is 5.48. The van der Waals surface area contributed by atoms with Crippen molar-refractivity contribution in [1.29, 1.82) is 5.26 Å². The van der Waals surface area contributed by atoms with Crippen LogP contribution >= 0.6 is 11.3 Å². The van der Waals surface area contributed by atoms with Gasteiger partial charge in [-0.25, -0.2) is 4.98 Å². The molecule has 0 aliphatic carbocycles. The zero-order valence-corrected chi connectivity index (χ0v) is 10.4. The molecule has 1 aliphatic heterocycles. The van der Waals surface area contributed by atoms with Gasteiger partial charge in [0.05, 0.1) is 17.6 Å². The Bertz CT molecular complexity index is 456. The van der Waals surface area contributed by atoms with Crippen molar-refractivity contribution in [1.82, 2.24) is 15.6 Å². The largest absolute Gasteiger partial charge is 0.350 e. The predicted octanol–water partition coefficient (Wildman–Crippen LogP) is 0.571. The van der Waals surface area contributed by atoms with E-state index in [0.29, 0.717) is 19.5 Å². The Morgan fingerprint density at radius 1 is 1.82 bits per heavy atom. The van der Waals surface area contributed by atoms with Crippen LogP contribution in [0.5, 0.6) is 0 Å². The second kappa shape index (κ2) is 4.82. The van der Waals surface area contributed by atoms with E-state index in [1.54, 1.807) is 17.5 Å². The van der Waals surface area contributed by atoms with Gasteiger partial charge in [-0.3, -0.25) is 4.79 Å². The van der Waals surface area contributed by atoms with E-state index in [0.717, 1.165) is 16.4 Å². The number of carbonyl (C=O) groups is 1. The molecule has 1 aliphatic rings. The van der Waals surface area contributed by atoms with Gasteiger partial charge in [0.2, 0.25) is 5.91 Å². The highest BCUT2D eigenvalue weighted by Gasteiger charge is 2.41. The Hall–Kier alpha value is -1.45. The molecule has 0 bridgehead atoms. The number of hydrogen-bond donors (Lipinski definition) is 2. The fourth-order valence-corrected chi connectivity index (χ4v) is 2.59. The lowest BCUT2D eigenvalue weighted by molar-refractivity contribution is -0.127. The van der Waals surface area contributed by atoms with Crippen LogP contribution in [0.25, 0.3) is 0 Å². The smallest absolute Gasteiger partial charge is 0.242 e. The summed E-state index contributed by atoms with van der Waals surface area (Å²) < 4.78 is 0. The van der Waals surface area contributed by atoms with Crippen molar-refractivity contribution in [2.75, 3.05) is 13.1 Å². The van der Waals surface area contributed by atoms with Gasteiger partial charge < -0.3 is 10.6 Å². The minimum absolute atomic E-state index is 0.184. The van der Waals surface area contributed by atoms with Crippen LogP contribution in [0.15, 0.2) is 6.20 Å². The molecular weight excluding hydrogens is 236 g/mol. The zero-order valence-electron chi connectivity index (χ0n) is 9.62. The normalized spacial score (nSPS) is 23.3. The summed E-state index contributed by atoms with van der Waals surface area (Å²) >= 11 is 1.55. The van der Waals surface area contributed by atoms with E-state index in [2.05, 4.69) is 21.7 Å². The summed E-state index contributed by atoms with van der Waals surface area (Å²) in [6.07, 6.45) is 2.34. The number of thiazole rings is 1. The van der Waals surface area contributed by atoms with Crippen molar-refractivity contribution < 1.29 is 4.79 Å². The van der Waals surface area contributed by atoms with Crippen molar-refractivity contribution in [3.63, 3.8) is 0 Å². The second-order valence-corrected chi connectivity index (χ2v) is 5.47. The molecule has 1 fully saturated rings. The lowest BCUT2D eigenvalue weighted by atomic mass is 9.88. The predicted molar refractivity (Wildman–Crippen MR) is 64.2 cm³/mol. The first-order valence-corrected chi connectivity index (χ1v) is 6.29. The van der Waals surface area contributed by atoms with Crippen molar-refractivity contribution >= 4 is 17.2 Å². The highest BCUT2D eigenvalue weighted by molar-refractivity contribution is 7.11. The van der Waals surface area contributed by atoms with Crippen LogP contribution in [0.3, 0.4) is 0 Å². The average Bonchev–Trinajstić information content (AvgIpc) is 2.95. The summed E-state index contributed by atoms with van der Waals surface area (Å²) in [5.41, 5.74) is -0.889. The molecule has 5 nitrogen and oxygen atoms in total. The summed E-state index contributed by atoms with van der Waals surface area (Å²) in [4.78, 5) is 17.1. The number of amides is 1. The molecule has 17 heavy (non-hydrogen) atoms. The van der Waals surface area contributed by atoms with E-state index >= 15 is 0 Å². The standard InChI is InChI=1S/C11H14N4OS/c1-8-14-4-9(17-8)5-15-10(16)11(6-12)2-3-13-7-11/h4,13H,2-3,5,7H2,1H3,(H,15,16). The van der Waals surface area contributed by atoms with E-state index in [9.17, 15) is 4.79 Å². The number of aromatic nitrogens is 1. The maximum absolute atomic E-state index is 12.0. The van der Waals surface area contributed by atoms with Crippen LogP contribution in [-0.4, -0.2) is 24.0 Å². The maximum atomic E-state index is 12.0. The van der Waals surface area contributed by atoms with E-state index < -0.39 is 5.41 Å². The second-order valence-electron chi connectivity index (χ2n) is 4.15. The SMILES string of the molecule is Cc1ncc(CNC(=O)C2(C#N)CCNC2)s1. The van der Waals surface area contributed by atoms with Crippen molar-refractivity contribution in [3.8, 4) is 6.07 Å². The van der Waals surface area contributed by atoms with Gasteiger partial charge >= 0.3 is 0 Å². The van der Waals surface area contributed by atoms with Crippen LogP contribution < -0.4 is 10.6 Å². The third-order valence-corrected chi connectivity index (χ3v) is 3.81. The van der Waals surface area contributed by atoms with Gasteiger partial charge in [-0.15, -0.1) is 11.3 Å². The molecule has 0 spiro atoms. The summed E-state index contributed by atoms with van der Waals surface area (Å²) in [5, 5.41) is 16.0. The third kappa shape index (κ3) is 2.46. The lowest BCUT2D eigenvalue weighted by Crippen LogP contribution is -2.41. The van der Waals surface area contributed by atoms with Crippen LogP contribution in [0.2, 0.25) is 0 Å². The molecule has 2 rings (SSSR count). The number of nitrogens with zero attached hydrogens (tertiary/aromatic N) is 2. The maximum Gasteiger partial charge on any atom is 0.242 e. The number of aryl methyl sites for hydroxylation is 1. The molecule has 1 aromatic rings. The average molecular weight is 250 g/mol. The van der Waals surface area contributed by atoms with E-state index in [1.165, 1.54) is 0 Å². The zero-order chi connectivity index (χ0) is 12.3. The van der Waals surface area contributed by atoms with Crippen LogP contribution in [-0.2, 0) is 11.3 Å². The van der Waals surface area contributed by atoms with Gasteiger partial charge in [-0.1, -0.05) is 0 Å². The third-order valence-electron chi connectivity index (χ3n) is 2.90. The summed E-state index contributed by atoms with van der Waals surface area (Å²) in [6.45, 7) is 3.54. The summed E-state index contributed by atoms with van der Waals surface area (Å²) in [7, 11) is 0. The van der Waals surface area contributed by atoms with Crippen molar-refractivity contribution in [2.45, 2.75) is 19.9 Å². The highest BCUT2D eigenvalue weighted by atomic mass is 32.1. The lowest BCUT2D eigenvalue weighted by Gasteiger charge is -2.17. The van der Waals surface area contributed by atoms with E-state index in [-0.39, 0.29) is 5.91 Å². The topological polar surface area (TPSA) is 77.8 Å². The van der Waals surface area contributed by atoms with Crippen LogP contribution in [0, 0.1) is 23.7 Å². The number of carbonyl (C=O) groups excluding carboxylic acids is 1. The quantitative estimate of drug-likeness (QED) is 0.822. The van der Waals surface area contributed by atoms with Crippen LogP contribution in [0.4, 0.5) is 0 Å². The van der Waals surface area contributed by atoms with Gasteiger partial charge in [-0.05, 0) is 19.9 Å². The Morgan fingerprint density at radius 3 is 3.18 bits per heavy atom. The summed E-state index contributed by atoms with van der Waals surface area (Å²) in [6, 6.07) is 2.13. The number of hydrogen-bond acceptors (Lipinski definition) is 5. The fourth-order valence-electron chi connectivity index (χ4n) is 1.86. The van der Waals surface area contributed by atoms with Crippen LogP contribution in [0.1, 0.15) is 16.3 Å². The first kappa shape index (κ1) is 12.0. The minimum Gasteiger partial charge on any atom is -0.350 e. The van der Waals surface area contributed by atoms with Gasteiger partial charge in [0.15, 0.2) is 0 Å². The van der Waals surface area contributed by atoms with E-state index in [1.807, 2.05) is 6.92 Å². The molecule has 1 atom stereocenters. The number of nitriles is 1. The van der Waals surface area contributed by atoms with Crippen molar-refractivity contribution in [2.24, 2.45) is 5.41 Å². The van der Waals surface area contributed by atoms with Gasteiger partial charge in [-0.2, -0.15) is 5.26 Å². The molecule has 2 heterocycles. The molecule has 0 aromatic carbocycles. The van der Waals surface area contributed by atoms with Gasteiger partial charge in [0.1, 0.15) is 5.41 Å². The fraction of sp³-hybridized carbons (Fsp3) is 0.545. The summed E-state index contributed by atoms with van der Waals surface area (Å²) in [5.74, 6) is -0.184.